The molecule has 10 aliphatic rings. The molecule has 8 nitrogen and oxygen atoms in total. The van der Waals surface area contributed by atoms with E-state index >= 15 is 0 Å². The maximum absolute atomic E-state index is 12.5. The summed E-state index contributed by atoms with van der Waals surface area (Å²) in [5.41, 5.74) is 5.73. The summed E-state index contributed by atoms with van der Waals surface area (Å²) in [5, 5.41) is 0. The number of esters is 2. The highest BCUT2D eigenvalue weighted by molar-refractivity contribution is 5.99. The molecule has 304 valence electrons. The summed E-state index contributed by atoms with van der Waals surface area (Å²) in [4.78, 5) is 36.4. The van der Waals surface area contributed by atoms with Crippen LogP contribution in [0.1, 0.15) is 131 Å². The van der Waals surface area contributed by atoms with Crippen LogP contribution in [0.2, 0.25) is 0 Å². The Balaban J connectivity index is 0.000000156. The number of ether oxygens (including phenoxy) is 4. The van der Waals surface area contributed by atoms with E-state index < -0.39 is 11.5 Å². The van der Waals surface area contributed by atoms with Gasteiger partial charge in [-0.2, -0.15) is 0 Å². The van der Waals surface area contributed by atoms with Gasteiger partial charge in [-0.25, -0.2) is 0 Å². The third-order valence-corrected chi connectivity index (χ3v) is 18.0. The molecule has 0 aromatic rings. The molecule has 2 spiro atoms. The number of allylic oxidation sites excluding steroid dienone is 12. The predicted octanol–water partition coefficient (Wildman–Crippen LogP) is 9.16. The van der Waals surface area contributed by atoms with E-state index in [2.05, 4.69) is 64.2 Å². The zero-order valence-electron chi connectivity index (χ0n) is 34.8. The van der Waals surface area contributed by atoms with Crippen LogP contribution in [0.5, 0.6) is 0 Å². The number of hydrogen-bond donors (Lipinski definition) is 0. The number of Topliss-reactive ketones (excluding diaryl/α,β-unsaturated/α-hetero) is 1. The maximum atomic E-state index is 12.5. The fraction of sp³-hybridized carbons (Fsp3) is 0.688. The first-order chi connectivity index (χ1) is 26.2. The van der Waals surface area contributed by atoms with Crippen LogP contribution in [0, 0.1) is 51.2 Å². The minimum atomic E-state index is -0.567. The zero-order valence-corrected chi connectivity index (χ0v) is 34.8. The summed E-state index contributed by atoms with van der Waals surface area (Å²) in [6.07, 6.45) is 29.2. The van der Waals surface area contributed by atoms with Crippen molar-refractivity contribution in [3.05, 3.63) is 70.3 Å². The van der Waals surface area contributed by atoms with Crippen molar-refractivity contribution in [2.45, 2.75) is 142 Å². The normalized spacial score (nSPS) is 45.2. The lowest BCUT2D eigenvalue weighted by atomic mass is 9.51. The lowest BCUT2D eigenvalue weighted by Gasteiger charge is -2.53. The molecular weight excluding hydrogens is 705 g/mol. The van der Waals surface area contributed by atoms with E-state index in [0.717, 1.165) is 88.6 Å². The first-order valence-corrected chi connectivity index (χ1v) is 21.4. The molecular formula is C48H64O8. The average molecular weight is 769 g/mol. The van der Waals surface area contributed by atoms with Gasteiger partial charge in [-0.15, -0.1) is 0 Å². The fourth-order valence-corrected chi connectivity index (χ4v) is 14.5. The monoisotopic (exact) mass is 768 g/mol. The highest BCUT2D eigenvalue weighted by Crippen LogP contribution is 2.69. The topological polar surface area (TPSA) is 120 Å². The van der Waals surface area contributed by atoms with Crippen LogP contribution < -0.4 is 0 Å². The quantitative estimate of drug-likeness (QED) is 0.160. The Bertz CT molecular complexity index is 1910. The van der Waals surface area contributed by atoms with Gasteiger partial charge in [0.2, 0.25) is 0 Å². The number of fused-ring (bicyclic) bond motifs is 12. The summed E-state index contributed by atoms with van der Waals surface area (Å²) < 4.78 is 23.1. The number of ketones is 1. The van der Waals surface area contributed by atoms with Crippen LogP contribution in [-0.4, -0.2) is 48.6 Å². The molecule has 11 atom stereocenters. The Kier molecular flexibility index (Phi) is 9.38. The van der Waals surface area contributed by atoms with Crippen LogP contribution >= 0.6 is 0 Å². The van der Waals surface area contributed by atoms with E-state index in [1.165, 1.54) is 24.5 Å². The molecule has 0 amide bonds. The molecule has 0 bridgehead atoms. The summed E-state index contributed by atoms with van der Waals surface area (Å²) >= 11 is 0. The Morgan fingerprint density at radius 3 is 1.62 bits per heavy atom. The standard InChI is InChI=1S/C25H32O4.C23H30O3.H2O/c1-15(26)19-14-25(29-22(19)27)12-9-21-18-6-5-16-13-17(28-4)7-10-23(16,2)20(18)8-11-24(21,25)3;1-21-10-6-16(25-3)14-15(21)4-5-17-18(21)7-11-22(2)19(17)8-12-23(22)13-9-20(24)26-23;/h5,8,13,18-19,21H,6-7,9-12,14H2,1-4H3;4,7,14,17,19H,5-6,8-13H2,1-3H3;1H2/t18?,19?,21?,23-,24-,25?;17?,19?,21-,22-,23?;/m00./s1. The van der Waals surface area contributed by atoms with Gasteiger partial charge in [0.25, 0.3) is 0 Å². The number of rotatable bonds is 3. The van der Waals surface area contributed by atoms with Gasteiger partial charge in [0, 0.05) is 47.3 Å². The van der Waals surface area contributed by atoms with Gasteiger partial charge in [0.05, 0.1) is 25.7 Å². The van der Waals surface area contributed by atoms with Crippen LogP contribution in [0.25, 0.3) is 0 Å². The molecule has 8 heteroatoms. The molecule has 7 unspecified atom stereocenters. The van der Waals surface area contributed by atoms with Gasteiger partial charge < -0.3 is 24.4 Å². The smallest absolute Gasteiger partial charge is 0.317 e. The molecule has 4 fully saturated rings. The van der Waals surface area contributed by atoms with Crippen molar-refractivity contribution in [3.8, 4) is 0 Å². The fourth-order valence-electron chi connectivity index (χ4n) is 14.5. The number of carbonyl (C=O) groups excluding carboxylic acids is 3. The van der Waals surface area contributed by atoms with Crippen molar-refractivity contribution in [2.24, 2.45) is 51.2 Å². The second-order valence-corrected chi connectivity index (χ2v) is 19.9. The summed E-state index contributed by atoms with van der Waals surface area (Å²) in [5.74, 6) is 3.56. The highest BCUT2D eigenvalue weighted by atomic mass is 16.6. The number of methoxy groups -OCH3 is 2. The predicted molar refractivity (Wildman–Crippen MR) is 214 cm³/mol. The largest absolute Gasteiger partial charge is 0.501 e. The van der Waals surface area contributed by atoms with Crippen LogP contribution in [0.4, 0.5) is 0 Å². The SMILES string of the molecule is COC1=CC2=CCC3C(=CC[C@@]4(C)C3CCC43CC(C(C)=O)C(=O)O3)[C@@]2(C)CC1.COC1=CC2=CCC3C(=CC[C@@]4(C)C3CCC43CCC(=O)O3)[C@@]2(C)CC1.O. The van der Waals surface area contributed by atoms with Crippen LogP contribution in [-0.2, 0) is 33.3 Å². The zero-order chi connectivity index (χ0) is 38.8. The van der Waals surface area contributed by atoms with Crippen molar-refractivity contribution < 1.29 is 38.8 Å². The lowest BCUT2D eigenvalue weighted by Crippen LogP contribution is -2.50. The second kappa shape index (κ2) is 13.3. The van der Waals surface area contributed by atoms with Gasteiger partial charge in [-0.3, -0.25) is 14.4 Å². The lowest BCUT2D eigenvalue weighted by molar-refractivity contribution is -0.162. The Morgan fingerprint density at radius 2 is 1.18 bits per heavy atom. The molecule has 0 aromatic heterocycles. The van der Waals surface area contributed by atoms with Crippen molar-refractivity contribution >= 4 is 17.7 Å². The first-order valence-electron chi connectivity index (χ1n) is 21.4. The van der Waals surface area contributed by atoms with Gasteiger partial charge in [-0.05, 0) is 125 Å². The molecule has 0 radical (unpaired) electrons. The van der Waals surface area contributed by atoms with Gasteiger partial charge in [-0.1, -0.05) is 63.1 Å². The summed E-state index contributed by atoms with van der Waals surface area (Å²) in [6.45, 7) is 11.1. The van der Waals surface area contributed by atoms with E-state index in [1.807, 2.05) is 0 Å². The average Bonchev–Trinajstić information content (AvgIpc) is 3.89. The Labute approximate surface area is 333 Å². The third-order valence-electron chi connectivity index (χ3n) is 18.0. The minimum absolute atomic E-state index is 0. The van der Waals surface area contributed by atoms with Gasteiger partial charge in [0.15, 0.2) is 0 Å². The first kappa shape index (κ1) is 39.4. The summed E-state index contributed by atoms with van der Waals surface area (Å²) in [7, 11) is 3.55. The van der Waals surface area contributed by atoms with E-state index in [9.17, 15) is 14.4 Å². The molecule has 56 heavy (non-hydrogen) atoms. The second-order valence-electron chi connectivity index (χ2n) is 19.9. The molecule has 2 saturated heterocycles. The van der Waals surface area contributed by atoms with E-state index in [1.54, 1.807) is 25.4 Å². The maximum Gasteiger partial charge on any atom is 0.317 e. The summed E-state index contributed by atoms with van der Waals surface area (Å²) in [6, 6.07) is 0. The van der Waals surface area contributed by atoms with Gasteiger partial charge in [0.1, 0.15) is 22.9 Å². The number of hydrogen-bond acceptors (Lipinski definition) is 7. The molecule has 8 aliphatic carbocycles. The van der Waals surface area contributed by atoms with Crippen molar-refractivity contribution in [1.82, 2.24) is 0 Å². The molecule has 2 aliphatic heterocycles. The molecule has 2 N–H and O–H groups in total. The van der Waals surface area contributed by atoms with Crippen molar-refractivity contribution in [3.63, 3.8) is 0 Å². The van der Waals surface area contributed by atoms with Crippen molar-refractivity contribution in [1.29, 1.82) is 0 Å². The molecule has 10 rings (SSSR count). The molecule has 2 heterocycles. The Hall–Kier alpha value is -3.39. The van der Waals surface area contributed by atoms with E-state index in [4.69, 9.17) is 18.9 Å². The van der Waals surface area contributed by atoms with Gasteiger partial charge >= 0.3 is 11.9 Å². The van der Waals surface area contributed by atoms with Crippen LogP contribution in [0.3, 0.4) is 0 Å². The Morgan fingerprint density at radius 1 is 0.679 bits per heavy atom. The molecule has 2 saturated carbocycles. The van der Waals surface area contributed by atoms with Crippen LogP contribution in [0.15, 0.2) is 70.3 Å². The third kappa shape index (κ3) is 5.28. The highest BCUT2D eigenvalue weighted by Gasteiger charge is 2.68. The minimum Gasteiger partial charge on any atom is -0.501 e. The molecule has 0 aromatic carbocycles. The van der Waals surface area contributed by atoms with E-state index in [-0.39, 0.29) is 50.5 Å². The van der Waals surface area contributed by atoms with Crippen molar-refractivity contribution in [2.75, 3.05) is 14.2 Å². The number of carbonyl (C=O) groups is 3. The van der Waals surface area contributed by atoms with E-state index in [0.29, 0.717) is 36.5 Å².